The average Bonchev–Trinajstić information content (AvgIpc) is 2.46. The highest BCUT2D eigenvalue weighted by Crippen LogP contribution is 2.26. The normalized spacial score (nSPS) is 16.1. The first-order valence-electron chi connectivity index (χ1n) is 6.91. The molecule has 1 aromatic carbocycles. The second-order valence-electron chi connectivity index (χ2n) is 4.76. The Bertz CT molecular complexity index is 458. The van der Waals surface area contributed by atoms with Crippen molar-refractivity contribution in [3.8, 4) is 0 Å². The van der Waals surface area contributed by atoms with Crippen LogP contribution in [0.2, 0.25) is 0 Å². The van der Waals surface area contributed by atoms with Crippen LogP contribution >= 0.6 is 0 Å². The van der Waals surface area contributed by atoms with Crippen LogP contribution < -0.4 is 5.32 Å². The molecule has 0 saturated carbocycles. The molecule has 1 heterocycles. The minimum atomic E-state index is -0.374. The molecular weight excluding hydrogens is 260 g/mol. The third-order valence-corrected chi connectivity index (χ3v) is 3.28. The van der Waals surface area contributed by atoms with Crippen molar-refractivity contribution >= 4 is 11.4 Å². The summed E-state index contributed by atoms with van der Waals surface area (Å²) in [4.78, 5) is 10.6. The molecule has 1 saturated heterocycles. The van der Waals surface area contributed by atoms with Gasteiger partial charge in [0.25, 0.3) is 5.69 Å². The van der Waals surface area contributed by atoms with E-state index in [2.05, 4.69) is 5.32 Å². The number of hydrogen-bond acceptors (Lipinski definition) is 5. The molecule has 1 aromatic rings. The van der Waals surface area contributed by atoms with Gasteiger partial charge in [-0.15, -0.1) is 0 Å². The maximum atomic E-state index is 10.9. The lowest BCUT2D eigenvalue weighted by molar-refractivity contribution is -0.384. The van der Waals surface area contributed by atoms with Gasteiger partial charge < -0.3 is 14.8 Å². The third-order valence-electron chi connectivity index (χ3n) is 3.28. The number of hydrogen-bond donors (Lipinski definition) is 1. The minimum absolute atomic E-state index is 0.0988. The highest BCUT2D eigenvalue weighted by molar-refractivity contribution is 5.62. The fourth-order valence-electron chi connectivity index (χ4n) is 2.22. The Labute approximate surface area is 118 Å². The van der Waals surface area contributed by atoms with E-state index in [4.69, 9.17) is 9.47 Å². The van der Waals surface area contributed by atoms with E-state index < -0.39 is 0 Å². The van der Waals surface area contributed by atoms with Crippen molar-refractivity contribution in [1.29, 1.82) is 0 Å². The highest BCUT2D eigenvalue weighted by Gasteiger charge is 2.16. The predicted molar refractivity (Wildman–Crippen MR) is 75.9 cm³/mol. The molecule has 6 heteroatoms. The van der Waals surface area contributed by atoms with Crippen LogP contribution in [0, 0.1) is 10.1 Å². The van der Waals surface area contributed by atoms with Crippen LogP contribution in [0.25, 0.3) is 0 Å². The smallest absolute Gasteiger partial charge is 0.292 e. The molecule has 20 heavy (non-hydrogen) atoms. The Morgan fingerprint density at radius 1 is 1.45 bits per heavy atom. The number of ether oxygens (including phenoxy) is 2. The quantitative estimate of drug-likeness (QED) is 0.640. The molecule has 6 nitrogen and oxygen atoms in total. The van der Waals surface area contributed by atoms with E-state index in [-0.39, 0.29) is 16.7 Å². The molecule has 1 N–H and O–H groups in total. The second kappa shape index (κ2) is 7.21. The van der Waals surface area contributed by atoms with Gasteiger partial charge in [0.15, 0.2) is 0 Å². The molecule has 0 aliphatic carbocycles. The first kappa shape index (κ1) is 14.7. The first-order chi connectivity index (χ1) is 9.70. The summed E-state index contributed by atoms with van der Waals surface area (Å²) in [7, 11) is 0. The summed E-state index contributed by atoms with van der Waals surface area (Å²) in [6.45, 7) is 4.52. The summed E-state index contributed by atoms with van der Waals surface area (Å²) < 4.78 is 11.1. The number of rotatable bonds is 6. The zero-order valence-corrected chi connectivity index (χ0v) is 11.6. The fraction of sp³-hybridized carbons (Fsp3) is 0.571. The number of nitrogens with zero attached hydrogens (tertiary/aromatic N) is 1. The predicted octanol–water partition coefficient (Wildman–Crippen LogP) is 2.72. The highest BCUT2D eigenvalue weighted by atomic mass is 16.6. The zero-order valence-electron chi connectivity index (χ0n) is 11.6. The summed E-state index contributed by atoms with van der Waals surface area (Å²) >= 11 is 0. The molecule has 1 fully saturated rings. The second-order valence-corrected chi connectivity index (χ2v) is 4.76. The van der Waals surface area contributed by atoms with Crippen molar-refractivity contribution in [2.24, 2.45) is 0 Å². The lowest BCUT2D eigenvalue weighted by Gasteiger charge is -2.22. The number of nitrogens with one attached hydrogen (secondary N) is 1. The van der Waals surface area contributed by atoms with E-state index in [1.165, 1.54) is 6.07 Å². The molecule has 0 spiro atoms. The van der Waals surface area contributed by atoms with Crippen LogP contribution in [0.3, 0.4) is 0 Å². The number of benzene rings is 1. The Morgan fingerprint density at radius 3 is 2.85 bits per heavy atom. The Morgan fingerprint density at radius 2 is 2.20 bits per heavy atom. The molecule has 0 aromatic heterocycles. The van der Waals surface area contributed by atoms with Crippen molar-refractivity contribution in [3.05, 3.63) is 33.9 Å². The van der Waals surface area contributed by atoms with Crippen LogP contribution in [0.5, 0.6) is 0 Å². The van der Waals surface area contributed by atoms with Gasteiger partial charge in [-0.2, -0.15) is 0 Å². The Balaban J connectivity index is 2.00. The van der Waals surface area contributed by atoms with Gasteiger partial charge in [-0.05, 0) is 37.5 Å². The lowest BCUT2D eigenvalue weighted by atomic mass is 10.1. The minimum Gasteiger partial charge on any atom is -0.381 e. The molecule has 1 aliphatic rings. The van der Waals surface area contributed by atoms with Gasteiger partial charge in [-0.25, -0.2) is 0 Å². The zero-order chi connectivity index (χ0) is 14.4. The molecule has 0 radical (unpaired) electrons. The molecule has 0 atom stereocenters. The van der Waals surface area contributed by atoms with Crippen molar-refractivity contribution in [3.63, 3.8) is 0 Å². The monoisotopic (exact) mass is 280 g/mol. The molecule has 0 amide bonds. The van der Waals surface area contributed by atoms with E-state index >= 15 is 0 Å². The van der Waals surface area contributed by atoms with Gasteiger partial charge >= 0.3 is 0 Å². The molecule has 2 rings (SSSR count). The van der Waals surface area contributed by atoms with Gasteiger partial charge in [0, 0.05) is 25.8 Å². The number of nitro groups is 1. The molecule has 0 unspecified atom stereocenters. The molecule has 110 valence electrons. The van der Waals surface area contributed by atoms with Crippen molar-refractivity contribution < 1.29 is 14.4 Å². The lowest BCUT2D eigenvalue weighted by Crippen LogP contribution is -2.23. The van der Waals surface area contributed by atoms with Crippen molar-refractivity contribution in [2.75, 3.05) is 25.1 Å². The van der Waals surface area contributed by atoms with Crippen LogP contribution in [-0.4, -0.2) is 30.8 Å². The van der Waals surface area contributed by atoms with Crippen molar-refractivity contribution in [1.82, 2.24) is 0 Å². The van der Waals surface area contributed by atoms with Gasteiger partial charge in [0.2, 0.25) is 0 Å². The van der Waals surface area contributed by atoms with E-state index in [1.807, 2.05) is 6.92 Å². The fourth-order valence-corrected chi connectivity index (χ4v) is 2.22. The van der Waals surface area contributed by atoms with E-state index in [9.17, 15) is 10.1 Å². The summed E-state index contributed by atoms with van der Waals surface area (Å²) in [5.74, 6) is 0. The van der Waals surface area contributed by atoms with Gasteiger partial charge in [-0.3, -0.25) is 10.1 Å². The van der Waals surface area contributed by atoms with E-state index in [1.54, 1.807) is 12.1 Å². The van der Waals surface area contributed by atoms with Crippen LogP contribution in [0.15, 0.2) is 18.2 Å². The Hall–Kier alpha value is -1.66. The standard InChI is InChI=1S/C14H20N2O4/c1-2-15-13-9-11(3-4-14(13)16(17)18)10-20-12-5-7-19-8-6-12/h3-4,9,12,15H,2,5-8,10H2,1H3. The van der Waals surface area contributed by atoms with Gasteiger partial charge in [0.1, 0.15) is 5.69 Å². The van der Waals surface area contributed by atoms with Gasteiger partial charge in [0.05, 0.1) is 17.6 Å². The van der Waals surface area contributed by atoms with Gasteiger partial charge in [-0.1, -0.05) is 0 Å². The first-order valence-corrected chi connectivity index (χ1v) is 6.91. The van der Waals surface area contributed by atoms with Crippen LogP contribution in [-0.2, 0) is 16.1 Å². The van der Waals surface area contributed by atoms with Crippen LogP contribution in [0.4, 0.5) is 11.4 Å². The van der Waals surface area contributed by atoms with Crippen molar-refractivity contribution in [2.45, 2.75) is 32.5 Å². The maximum absolute atomic E-state index is 10.9. The topological polar surface area (TPSA) is 73.6 Å². The third kappa shape index (κ3) is 3.91. The Kier molecular flexibility index (Phi) is 5.31. The summed E-state index contributed by atoms with van der Waals surface area (Å²) in [5, 5.41) is 14.0. The largest absolute Gasteiger partial charge is 0.381 e. The summed E-state index contributed by atoms with van der Waals surface area (Å²) in [6, 6.07) is 5.07. The summed E-state index contributed by atoms with van der Waals surface area (Å²) in [5.41, 5.74) is 1.59. The number of nitro benzene ring substituents is 1. The molecule has 1 aliphatic heterocycles. The maximum Gasteiger partial charge on any atom is 0.292 e. The molecule has 0 bridgehead atoms. The van der Waals surface area contributed by atoms with Crippen LogP contribution in [0.1, 0.15) is 25.3 Å². The van der Waals surface area contributed by atoms with E-state index in [0.29, 0.717) is 18.8 Å². The molecular formula is C14H20N2O4. The number of anilines is 1. The van der Waals surface area contributed by atoms with E-state index in [0.717, 1.165) is 31.6 Å². The SMILES string of the molecule is CCNc1cc(COC2CCOCC2)ccc1[N+](=O)[O-]. The average molecular weight is 280 g/mol. The summed E-state index contributed by atoms with van der Waals surface area (Å²) in [6.07, 6.45) is 2.04.